The molecule has 1 aromatic heterocycles. The van der Waals surface area contributed by atoms with Crippen LogP contribution in [0.4, 0.5) is 0 Å². The van der Waals surface area contributed by atoms with Crippen LogP contribution in [0.2, 0.25) is 0 Å². The van der Waals surface area contributed by atoms with Crippen molar-refractivity contribution in [1.29, 1.82) is 0 Å². The number of hydrogen-bond donors (Lipinski definition) is 1. The van der Waals surface area contributed by atoms with Crippen LogP contribution in [0, 0.1) is 0 Å². The van der Waals surface area contributed by atoms with Crippen LogP contribution in [0.3, 0.4) is 0 Å². The molecule has 0 aliphatic rings. The zero-order valence-electron chi connectivity index (χ0n) is 9.44. The monoisotopic (exact) mass is 216 g/mol. The Hall–Kier alpha value is -1.77. The van der Waals surface area contributed by atoms with Gasteiger partial charge in [-0.2, -0.15) is 0 Å². The highest BCUT2D eigenvalue weighted by molar-refractivity contribution is 5.27. The highest BCUT2D eigenvalue weighted by Crippen LogP contribution is 2.12. The maximum absolute atomic E-state index is 5.63. The molecule has 1 N–H and O–H groups in total. The number of hydrogen-bond acceptors (Lipinski definition) is 2. The Bertz CT molecular complexity index is 406. The van der Waals surface area contributed by atoms with Crippen molar-refractivity contribution in [2.24, 2.45) is 0 Å². The van der Waals surface area contributed by atoms with E-state index in [4.69, 9.17) is 4.74 Å². The van der Waals surface area contributed by atoms with Crippen LogP contribution >= 0.6 is 0 Å². The van der Waals surface area contributed by atoms with Crippen molar-refractivity contribution in [3.05, 3.63) is 48.0 Å². The van der Waals surface area contributed by atoms with Crippen LogP contribution in [0.1, 0.15) is 18.2 Å². The lowest BCUT2D eigenvalue weighted by atomic mass is 10.2. The number of aryl methyl sites for hydroxylation is 1. The fourth-order valence-corrected chi connectivity index (χ4v) is 1.52. The Kier molecular flexibility index (Phi) is 3.59. The van der Waals surface area contributed by atoms with E-state index in [1.807, 2.05) is 18.3 Å². The number of rotatable bonds is 5. The molecular formula is C13H16N2O. The summed E-state index contributed by atoms with van der Waals surface area (Å²) in [6.07, 6.45) is 5.43. The number of imidazole rings is 1. The topological polar surface area (TPSA) is 37.9 Å². The van der Waals surface area contributed by atoms with E-state index < -0.39 is 0 Å². The molecule has 0 atom stereocenters. The van der Waals surface area contributed by atoms with Gasteiger partial charge in [-0.05, 0) is 24.1 Å². The second-order valence-corrected chi connectivity index (χ2v) is 3.67. The number of nitrogens with one attached hydrogen (secondary N) is 1. The van der Waals surface area contributed by atoms with Gasteiger partial charge < -0.3 is 9.72 Å². The van der Waals surface area contributed by atoms with Crippen LogP contribution in [0.25, 0.3) is 0 Å². The molecule has 2 rings (SSSR count). The predicted octanol–water partition coefficient (Wildman–Crippen LogP) is 2.59. The van der Waals surface area contributed by atoms with Gasteiger partial charge in [0.25, 0.3) is 0 Å². The van der Waals surface area contributed by atoms with E-state index in [2.05, 4.69) is 29.0 Å². The minimum Gasteiger partial charge on any atom is -0.493 e. The van der Waals surface area contributed by atoms with Crippen molar-refractivity contribution in [1.82, 2.24) is 9.97 Å². The Labute approximate surface area is 95.5 Å². The molecule has 0 bridgehead atoms. The van der Waals surface area contributed by atoms with Gasteiger partial charge in [-0.25, -0.2) is 4.98 Å². The van der Waals surface area contributed by atoms with Crippen LogP contribution in [0.5, 0.6) is 5.75 Å². The molecule has 0 saturated heterocycles. The van der Waals surface area contributed by atoms with Gasteiger partial charge in [-0.3, -0.25) is 0 Å². The zero-order chi connectivity index (χ0) is 11.2. The summed E-state index contributed by atoms with van der Waals surface area (Å²) in [7, 11) is 0. The highest BCUT2D eigenvalue weighted by atomic mass is 16.5. The van der Waals surface area contributed by atoms with E-state index in [-0.39, 0.29) is 0 Å². The molecule has 0 aliphatic carbocycles. The lowest BCUT2D eigenvalue weighted by Crippen LogP contribution is -2.01. The van der Waals surface area contributed by atoms with E-state index >= 15 is 0 Å². The molecule has 0 amide bonds. The Balaban J connectivity index is 1.81. The molecule has 0 radical (unpaired) electrons. The minimum absolute atomic E-state index is 0.674. The molecule has 3 nitrogen and oxygen atoms in total. The smallest absolute Gasteiger partial charge is 0.119 e. The van der Waals surface area contributed by atoms with Crippen LogP contribution in [-0.4, -0.2) is 16.6 Å². The van der Waals surface area contributed by atoms with Gasteiger partial charge >= 0.3 is 0 Å². The van der Waals surface area contributed by atoms with Crippen molar-refractivity contribution in [3.8, 4) is 5.75 Å². The van der Waals surface area contributed by atoms with E-state index in [1.54, 1.807) is 6.33 Å². The number of H-pyrrole nitrogens is 1. The molecule has 84 valence electrons. The minimum atomic E-state index is 0.674. The Morgan fingerprint density at radius 1 is 1.25 bits per heavy atom. The number of aromatic amines is 1. The Morgan fingerprint density at radius 3 is 2.69 bits per heavy atom. The fraction of sp³-hybridized carbons (Fsp3) is 0.308. The van der Waals surface area contributed by atoms with E-state index in [1.165, 1.54) is 5.56 Å². The van der Waals surface area contributed by atoms with Crippen LogP contribution < -0.4 is 4.74 Å². The van der Waals surface area contributed by atoms with Crippen molar-refractivity contribution >= 4 is 0 Å². The maximum Gasteiger partial charge on any atom is 0.119 e. The van der Waals surface area contributed by atoms with Crippen molar-refractivity contribution < 1.29 is 4.74 Å². The van der Waals surface area contributed by atoms with Crippen molar-refractivity contribution in [2.75, 3.05) is 6.61 Å². The largest absolute Gasteiger partial charge is 0.493 e. The summed E-state index contributed by atoms with van der Waals surface area (Å²) in [5.74, 6) is 0.928. The first kappa shape index (κ1) is 10.7. The summed E-state index contributed by atoms with van der Waals surface area (Å²) in [6, 6.07) is 8.24. The fourth-order valence-electron chi connectivity index (χ4n) is 1.52. The molecule has 0 fully saturated rings. The molecule has 0 spiro atoms. The van der Waals surface area contributed by atoms with Crippen LogP contribution in [0.15, 0.2) is 36.8 Å². The van der Waals surface area contributed by atoms with Gasteiger partial charge in [0.1, 0.15) is 5.75 Å². The average molecular weight is 216 g/mol. The summed E-state index contributed by atoms with van der Waals surface area (Å²) in [6.45, 7) is 2.82. The SMILES string of the molecule is CCc1ccc(OCCc2cnc[nH]2)cc1. The van der Waals surface area contributed by atoms with Gasteiger partial charge in [-0.15, -0.1) is 0 Å². The molecule has 16 heavy (non-hydrogen) atoms. The van der Waals surface area contributed by atoms with Gasteiger partial charge in [0, 0.05) is 18.3 Å². The third-order valence-electron chi connectivity index (χ3n) is 2.53. The molecule has 2 aromatic rings. The highest BCUT2D eigenvalue weighted by Gasteiger charge is 1.96. The molecular weight excluding hydrogens is 200 g/mol. The third kappa shape index (κ3) is 2.86. The van der Waals surface area contributed by atoms with Crippen LogP contribution in [-0.2, 0) is 12.8 Å². The molecule has 0 saturated carbocycles. The Morgan fingerprint density at radius 2 is 2.06 bits per heavy atom. The summed E-state index contributed by atoms with van der Waals surface area (Å²) in [4.78, 5) is 7.01. The van der Waals surface area contributed by atoms with Crippen molar-refractivity contribution in [2.45, 2.75) is 19.8 Å². The quantitative estimate of drug-likeness (QED) is 0.834. The molecule has 1 aromatic carbocycles. The first-order valence-electron chi connectivity index (χ1n) is 5.57. The first-order chi connectivity index (χ1) is 7.88. The van der Waals surface area contributed by atoms with Gasteiger partial charge in [-0.1, -0.05) is 19.1 Å². The van der Waals surface area contributed by atoms with E-state index in [9.17, 15) is 0 Å². The number of aromatic nitrogens is 2. The normalized spacial score (nSPS) is 10.3. The van der Waals surface area contributed by atoms with Crippen molar-refractivity contribution in [3.63, 3.8) is 0 Å². The summed E-state index contributed by atoms with van der Waals surface area (Å²) in [5, 5.41) is 0. The predicted molar refractivity (Wildman–Crippen MR) is 63.6 cm³/mol. The molecule has 3 heteroatoms. The lowest BCUT2D eigenvalue weighted by Gasteiger charge is -2.05. The first-order valence-corrected chi connectivity index (χ1v) is 5.57. The second-order valence-electron chi connectivity index (χ2n) is 3.67. The zero-order valence-corrected chi connectivity index (χ0v) is 9.44. The van der Waals surface area contributed by atoms with E-state index in [0.717, 1.165) is 24.3 Å². The lowest BCUT2D eigenvalue weighted by molar-refractivity contribution is 0.320. The number of ether oxygens (including phenoxy) is 1. The molecule has 1 heterocycles. The molecule has 0 aliphatic heterocycles. The molecule has 0 unspecified atom stereocenters. The summed E-state index contributed by atoms with van der Waals surface area (Å²) < 4.78 is 5.63. The number of nitrogens with zero attached hydrogens (tertiary/aromatic N) is 1. The van der Waals surface area contributed by atoms with Gasteiger partial charge in [0.2, 0.25) is 0 Å². The number of benzene rings is 1. The average Bonchev–Trinajstić information content (AvgIpc) is 2.83. The third-order valence-corrected chi connectivity index (χ3v) is 2.53. The second kappa shape index (κ2) is 5.35. The summed E-state index contributed by atoms with van der Waals surface area (Å²) in [5.41, 5.74) is 2.44. The standard InChI is InChI=1S/C13H16N2O/c1-2-11-3-5-13(6-4-11)16-8-7-12-9-14-10-15-12/h3-6,9-10H,2,7-8H2,1H3,(H,14,15). The summed E-state index contributed by atoms with van der Waals surface area (Å²) >= 11 is 0. The van der Waals surface area contributed by atoms with Gasteiger partial charge in [0.15, 0.2) is 0 Å². The maximum atomic E-state index is 5.63. The van der Waals surface area contributed by atoms with Gasteiger partial charge in [0.05, 0.1) is 12.9 Å². The van der Waals surface area contributed by atoms with E-state index in [0.29, 0.717) is 6.61 Å².